The van der Waals surface area contributed by atoms with E-state index in [1.807, 2.05) is 54.6 Å². The first-order valence-corrected chi connectivity index (χ1v) is 7.16. The summed E-state index contributed by atoms with van der Waals surface area (Å²) in [5.74, 6) is 0.704. The molecule has 23 heavy (non-hydrogen) atoms. The number of nitrogens with zero attached hydrogens (tertiary/aromatic N) is 2. The first kappa shape index (κ1) is 14.8. The highest BCUT2D eigenvalue weighted by Crippen LogP contribution is 2.23. The van der Waals surface area contributed by atoms with Crippen molar-refractivity contribution in [1.29, 1.82) is 0 Å². The maximum atomic E-state index is 5.95. The van der Waals surface area contributed by atoms with E-state index in [2.05, 4.69) is 10.3 Å². The van der Waals surface area contributed by atoms with Crippen LogP contribution < -0.4 is 4.74 Å². The van der Waals surface area contributed by atoms with E-state index in [-0.39, 0.29) is 0 Å². The predicted molar refractivity (Wildman–Crippen MR) is 86.4 cm³/mol. The Labute approximate surface area is 134 Å². The summed E-state index contributed by atoms with van der Waals surface area (Å²) in [6, 6.07) is 19.3. The Morgan fingerprint density at radius 1 is 1.04 bits per heavy atom. The minimum Gasteiger partial charge on any atom is -0.488 e. The van der Waals surface area contributed by atoms with Crippen LogP contribution in [0.3, 0.4) is 0 Å². The van der Waals surface area contributed by atoms with Crippen LogP contribution in [0.15, 0.2) is 76.6 Å². The lowest BCUT2D eigenvalue weighted by Crippen LogP contribution is -2.08. The Balaban J connectivity index is 1.89. The average molecular weight is 308 g/mol. The molecule has 0 spiro atoms. The maximum Gasteiger partial charge on any atom is 0.142 e. The van der Waals surface area contributed by atoms with Crippen molar-refractivity contribution < 1.29 is 14.1 Å². The average Bonchev–Trinajstić information content (AvgIpc) is 3.13. The van der Waals surface area contributed by atoms with Gasteiger partial charge in [0.15, 0.2) is 0 Å². The molecular formula is C18H16N2O3. The van der Waals surface area contributed by atoms with E-state index in [9.17, 15) is 0 Å². The third-order valence-corrected chi connectivity index (χ3v) is 3.24. The molecule has 0 fully saturated rings. The molecule has 3 aromatic rings. The molecule has 116 valence electrons. The van der Waals surface area contributed by atoms with Gasteiger partial charge in [-0.2, -0.15) is 0 Å². The van der Waals surface area contributed by atoms with Crippen molar-refractivity contribution >= 4 is 5.71 Å². The van der Waals surface area contributed by atoms with Crippen molar-refractivity contribution in [2.24, 2.45) is 5.16 Å². The highest BCUT2D eigenvalue weighted by Gasteiger charge is 2.16. The summed E-state index contributed by atoms with van der Waals surface area (Å²) in [5.41, 5.74) is 3.03. The molecule has 1 aromatic heterocycles. The van der Waals surface area contributed by atoms with Crippen molar-refractivity contribution in [2.45, 2.75) is 6.61 Å². The van der Waals surface area contributed by atoms with Crippen LogP contribution in [0.25, 0.3) is 0 Å². The van der Waals surface area contributed by atoms with Crippen LogP contribution >= 0.6 is 0 Å². The molecule has 0 aliphatic heterocycles. The Kier molecular flexibility index (Phi) is 4.69. The SMILES string of the molecule is CO/N=C(\c1ccon1)c1ccccc1OCc1ccccc1. The molecule has 0 amide bonds. The van der Waals surface area contributed by atoms with Crippen LogP contribution in [0, 0.1) is 0 Å². The largest absolute Gasteiger partial charge is 0.488 e. The molecule has 0 radical (unpaired) electrons. The fourth-order valence-corrected chi connectivity index (χ4v) is 2.18. The van der Waals surface area contributed by atoms with Crippen LogP contribution in [-0.2, 0) is 11.4 Å². The van der Waals surface area contributed by atoms with Crippen molar-refractivity contribution in [3.05, 3.63) is 83.7 Å². The van der Waals surface area contributed by atoms with Crippen molar-refractivity contribution in [1.82, 2.24) is 5.16 Å². The molecule has 0 aliphatic carbocycles. The second-order valence-corrected chi connectivity index (χ2v) is 4.78. The lowest BCUT2D eigenvalue weighted by Gasteiger charge is -2.11. The van der Waals surface area contributed by atoms with Gasteiger partial charge >= 0.3 is 0 Å². The van der Waals surface area contributed by atoms with E-state index >= 15 is 0 Å². The van der Waals surface area contributed by atoms with Crippen molar-refractivity contribution in [3.8, 4) is 5.75 Å². The van der Waals surface area contributed by atoms with Gasteiger partial charge < -0.3 is 14.1 Å². The third kappa shape index (κ3) is 3.58. The second kappa shape index (κ2) is 7.26. The molecule has 0 unspecified atom stereocenters. The minimum absolute atomic E-state index is 0.469. The molecule has 5 nitrogen and oxygen atoms in total. The molecule has 0 aliphatic rings. The van der Waals surface area contributed by atoms with E-state index in [4.69, 9.17) is 14.1 Å². The van der Waals surface area contributed by atoms with Gasteiger partial charge in [-0.15, -0.1) is 0 Å². The molecule has 2 aromatic carbocycles. The molecule has 0 saturated carbocycles. The van der Waals surface area contributed by atoms with Gasteiger partial charge in [0.25, 0.3) is 0 Å². The molecule has 3 rings (SSSR count). The van der Waals surface area contributed by atoms with Crippen LogP contribution in [0.2, 0.25) is 0 Å². The molecule has 0 bridgehead atoms. The minimum atomic E-state index is 0.469. The zero-order valence-electron chi connectivity index (χ0n) is 12.7. The second-order valence-electron chi connectivity index (χ2n) is 4.78. The quantitative estimate of drug-likeness (QED) is 0.515. The van der Waals surface area contributed by atoms with Crippen molar-refractivity contribution in [2.75, 3.05) is 7.11 Å². The Bertz CT molecular complexity index is 768. The number of ether oxygens (including phenoxy) is 1. The van der Waals surface area contributed by atoms with Gasteiger partial charge in [0.1, 0.15) is 37.1 Å². The van der Waals surface area contributed by atoms with E-state index in [1.54, 1.807) is 6.07 Å². The van der Waals surface area contributed by atoms with Crippen LogP contribution in [0.5, 0.6) is 5.75 Å². The lowest BCUT2D eigenvalue weighted by molar-refractivity contribution is 0.213. The van der Waals surface area contributed by atoms with Crippen molar-refractivity contribution in [3.63, 3.8) is 0 Å². The maximum absolute atomic E-state index is 5.95. The number of para-hydroxylation sites is 1. The fourth-order valence-electron chi connectivity index (χ4n) is 2.18. The first-order chi connectivity index (χ1) is 11.4. The van der Waals surface area contributed by atoms with Crippen LogP contribution in [-0.4, -0.2) is 18.0 Å². The number of aromatic nitrogens is 1. The first-order valence-electron chi connectivity index (χ1n) is 7.16. The fraction of sp³-hybridized carbons (Fsp3) is 0.111. The summed E-state index contributed by atoms with van der Waals surface area (Å²) in [6.07, 6.45) is 1.49. The molecule has 0 saturated heterocycles. The molecule has 0 N–H and O–H groups in total. The van der Waals surface area contributed by atoms with E-state index in [1.165, 1.54) is 13.4 Å². The number of rotatable bonds is 6. The number of benzene rings is 2. The van der Waals surface area contributed by atoms with E-state index in [0.29, 0.717) is 23.8 Å². The summed E-state index contributed by atoms with van der Waals surface area (Å²) < 4.78 is 10.9. The van der Waals surface area contributed by atoms with E-state index in [0.717, 1.165) is 11.1 Å². The van der Waals surface area contributed by atoms with Crippen LogP contribution in [0.1, 0.15) is 16.8 Å². The van der Waals surface area contributed by atoms with Crippen LogP contribution in [0.4, 0.5) is 0 Å². The highest BCUT2D eigenvalue weighted by molar-refractivity contribution is 6.12. The molecule has 1 heterocycles. The Morgan fingerprint density at radius 2 is 1.83 bits per heavy atom. The molecule has 0 atom stereocenters. The van der Waals surface area contributed by atoms with Gasteiger partial charge in [-0.1, -0.05) is 52.8 Å². The number of hydrogen-bond donors (Lipinski definition) is 0. The van der Waals surface area contributed by atoms with E-state index < -0.39 is 0 Å². The zero-order valence-corrected chi connectivity index (χ0v) is 12.7. The Morgan fingerprint density at radius 3 is 2.57 bits per heavy atom. The van der Waals surface area contributed by atoms with Gasteiger partial charge in [-0.25, -0.2) is 0 Å². The van der Waals surface area contributed by atoms with Gasteiger partial charge in [0.2, 0.25) is 0 Å². The van der Waals surface area contributed by atoms with Gasteiger partial charge in [0.05, 0.1) is 0 Å². The highest BCUT2D eigenvalue weighted by atomic mass is 16.6. The lowest BCUT2D eigenvalue weighted by atomic mass is 10.1. The third-order valence-electron chi connectivity index (χ3n) is 3.24. The summed E-state index contributed by atoms with van der Waals surface area (Å²) in [7, 11) is 1.49. The molecular weight excluding hydrogens is 292 g/mol. The predicted octanol–water partition coefficient (Wildman–Crippen LogP) is 3.65. The Hall–Kier alpha value is -3.08. The summed E-state index contributed by atoms with van der Waals surface area (Å²) in [6.45, 7) is 0.469. The molecule has 5 heteroatoms. The normalized spacial score (nSPS) is 11.3. The van der Waals surface area contributed by atoms with Gasteiger partial charge in [0, 0.05) is 11.6 Å². The smallest absolute Gasteiger partial charge is 0.142 e. The standard InChI is InChI=1S/C18H16N2O3/c1-21-20-18(16-11-12-23-19-16)15-9-5-6-10-17(15)22-13-14-7-3-2-4-8-14/h2-12H,13H2,1H3/b20-18-. The number of hydrogen-bond acceptors (Lipinski definition) is 5. The van der Waals surface area contributed by atoms with Gasteiger partial charge in [-0.3, -0.25) is 0 Å². The monoisotopic (exact) mass is 308 g/mol. The van der Waals surface area contributed by atoms with Gasteiger partial charge in [-0.05, 0) is 17.7 Å². The summed E-state index contributed by atoms with van der Waals surface area (Å²) in [4.78, 5) is 4.95. The zero-order chi connectivity index (χ0) is 15.9. The number of oxime groups is 1. The summed E-state index contributed by atoms with van der Waals surface area (Å²) >= 11 is 0. The topological polar surface area (TPSA) is 56.9 Å². The summed E-state index contributed by atoms with van der Waals surface area (Å²) in [5, 5.41) is 8.00.